The molecule has 0 saturated heterocycles. The molecule has 5 nitrogen and oxygen atoms in total. The molecular formula is C26H28N4OS. The molecule has 0 aliphatic rings. The third kappa shape index (κ3) is 6.56. The number of pyridine rings is 2. The SMILES string of the molecule is C\C=C(/N=C/C=C(\C)CC)c1ccc(NC(=O)Cc2cc(-c3ccnc(C)c3)cs2)nc1. The van der Waals surface area contributed by atoms with Crippen LogP contribution in [0.3, 0.4) is 0 Å². The van der Waals surface area contributed by atoms with Gasteiger partial charge in [0.2, 0.25) is 5.91 Å². The molecule has 0 radical (unpaired) electrons. The molecule has 1 N–H and O–H groups in total. The second-order valence-corrected chi connectivity index (χ2v) is 8.46. The molecule has 3 heterocycles. The van der Waals surface area contributed by atoms with E-state index >= 15 is 0 Å². The predicted molar refractivity (Wildman–Crippen MR) is 135 cm³/mol. The zero-order valence-electron chi connectivity index (χ0n) is 18.9. The van der Waals surface area contributed by atoms with E-state index in [1.165, 1.54) is 5.57 Å². The molecule has 0 fully saturated rings. The van der Waals surface area contributed by atoms with Gasteiger partial charge in [0.15, 0.2) is 0 Å². The molecule has 0 atom stereocenters. The van der Waals surface area contributed by atoms with Crippen LogP contribution in [0.4, 0.5) is 5.82 Å². The molecule has 0 aromatic carbocycles. The highest BCUT2D eigenvalue weighted by Gasteiger charge is 2.09. The Morgan fingerprint density at radius 3 is 2.72 bits per heavy atom. The van der Waals surface area contributed by atoms with Crippen LogP contribution in [0, 0.1) is 6.92 Å². The number of carbonyl (C=O) groups is 1. The fourth-order valence-electron chi connectivity index (χ4n) is 2.99. The van der Waals surface area contributed by atoms with E-state index in [4.69, 9.17) is 0 Å². The summed E-state index contributed by atoms with van der Waals surface area (Å²) >= 11 is 1.58. The van der Waals surface area contributed by atoms with Crippen molar-refractivity contribution in [2.75, 3.05) is 5.32 Å². The largest absolute Gasteiger partial charge is 0.310 e. The molecule has 32 heavy (non-hydrogen) atoms. The zero-order valence-corrected chi connectivity index (χ0v) is 19.7. The van der Waals surface area contributed by atoms with Crippen LogP contribution in [-0.4, -0.2) is 22.1 Å². The zero-order chi connectivity index (χ0) is 22.9. The Hall–Kier alpha value is -3.38. The topological polar surface area (TPSA) is 67.2 Å². The third-order valence-electron chi connectivity index (χ3n) is 4.95. The number of amides is 1. The maximum Gasteiger partial charge on any atom is 0.230 e. The number of anilines is 1. The van der Waals surface area contributed by atoms with Crippen molar-refractivity contribution in [2.45, 2.75) is 40.5 Å². The number of hydrogen-bond acceptors (Lipinski definition) is 5. The van der Waals surface area contributed by atoms with Crippen molar-refractivity contribution in [3.8, 4) is 11.1 Å². The highest BCUT2D eigenvalue weighted by atomic mass is 32.1. The van der Waals surface area contributed by atoms with E-state index in [1.54, 1.807) is 29.8 Å². The molecular weight excluding hydrogens is 416 g/mol. The average molecular weight is 445 g/mol. The molecule has 3 aromatic rings. The van der Waals surface area contributed by atoms with E-state index in [-0.39, 0.29) is 5.91 Å². The Morgan fingerprint density at radius 2 is 2.03 bits per heavy atom. The normalized spacial score (nSPS) is 12.4. The van der Waals surface area contributed by atoms with E-state index in [9.17, 15) is 4.79 Å². The summed E-state index contributed by atoms with van der Waals surface area (Å²) in [7, 11) is 0. The van der Waals surface area contributed by atoms with E-state index < -0.39 is 0 Å². The molecule has 1 amide bonds. The molecule has 3 rings (SSSR count). The Morgan fingerprint density at radius 1 is 1.19 bits per heavy atom. The van der Waals surface area contributed by atoms with Crippen LogP contribution in [0.1, 0.15) is 43.3 Å². The Bertz CT molecular complexity index is 1160. The molecule has 164 valence electrons. The van der Waals surface area contributed by atoms with Crippen LogP contribution in [-0.2, 0) is 11.2 Å². The fraction of sp³-hybridized carbons (Fsp3) is 0.231. The number of rotatable bonds is 8. The number of carbonyl (C=O) groups excluding carboxylic acids is 1. The Labute approximate surface area is 193 Å². The predicted octanol–water partition coefficient (Wildman–Crippen LogP) is 6.48. The first-order chi connectivity index (χ1) is 15.5. The van der Waals surface area contributed by atoms with Gasteiger partial charge in [-0.05, 0) is 80.1 Å². The quantitative estimate of drug-likeness (QED) is 0.404. The van der Waals surface area contributed by atoms with Gasteiger partial charge in [0, 0.05) is 34.7 Å². The lowest BCUT2D eigenvalue weighted by atomic mass is 10.1. The van der Waals surface area contributed by atoms with Crippen molar-refractivity contribution in [3.05, 3.63) is 82.0 Å². The Kier molecular flexibility index (Phi) is 8.22. The van der Waals surface area contributed by atoms with Crippen molar-refractivity contribution < 1.29 is 4.79 Å². The number of aliphatic imine (C=N–C) groups is 1. The van der Waals surface area contributed by atoms with Gasteiger partial charge in [-0.1, -0.05) is 18.6 Å². The lowest BCUT2D eigenvalue weighted by molar-refractivity contribution is -0.115. The number of allylic oxidation sites excluding steroid dienone is 3. The summed E-state index contributed by atoms with van der Waals surface area (Å²) in [6, 6.07) is 9.80. The van der Waals surface area contributed by atoms with Gasteiger partial charge in [-0.25, -0.2) is 4.98 Å². The molecule has 0 saturated carbocycles. The third-order valence-corrected chi connectivity index (χ3v) is 5.89. The summed E-state index contributed by atoms with van der Waals surface area (Å²) in [5, 5.41) is 4.95. The van der Waals surface area contributed by atoms with Gasteiger partial charge >= 0.3 is 0 Å². The van der Waals surface area contributed by atoms with Crippen molar-refractivity contribution in [2.24, 2.45) is 4.99 Å². The highest BCUT2D eigenvalue weighted by molar-refractivity contribution is 7.10. The summed E-state index contributed by atoms with van der Waals surface area (Å²) in [6.45, 7) is 8.11. The lowest BCUT2D eigenvalue weighted by Gasteiger charge is -2.05. The minimum absolute atomic E-state index is 0.0889. The van der Waals surface area contributed by atoms with Crippen molar-refractivity contribution in [1.82, 2.24) is 9.97 Å². The van der Waals surface area contributed by atoms with Crippen molar-refractivity contribution in [1.29, 1.82) is 0 Å². The van der Waals surface area contributed by atoms with Crippen LogP contribution in [0.5, 0.6) is 0 Å². The van der Waals surface area contributed by atoms with Gasteiger partial charge in [0.05, 0.1) is 12.1 Å². The van der Waals surface area contributed by atoms with Crippen LogP contribution < -0.4 is 5.32 Å². The first-order valence-corrected chi connectivity index (χ1v) is 11.5. The number of aryl methyl sites for hydroxylation is 1. The monoisotopic (exact) mass is 444 g/mol. The van der Waals surface area contributed by atoms with E-state index in [1.807, 2.05) is 50.4 Å². The first kappa shape index (κ1) is 23.3. The van der Waals surface area contributed by atoms with Gasteiger partial charge in [-0.15, -0.1) is 11.3 Å². The summed E-state index contributed by atoms with van der Waals surface area (Å²) in [5.41, 5.74) is 6.21. The van der Waals surface area contributed by atoms with Crippen LogP contribution in [0.15, 0.2) is 70.8 Å². The lowest BCUT2D eigenvalue weighted by Crippen LogP contribution is -2.14. The minimum atomic E-state index is -0.0889. The van der Waals surface area contributed by atoms with E-state index in [2.05, 4.69) is 45.6 Å². The summed E-state index contributed by atoms with van der Waals surface area (Å²) in [5.74, 6) is 0.440. The second-order valence-electron chi connectivity index (χ2n) is 7.46. The van der Waals surface area contributed by atoms with Crippen molar-refractivity contribution in [3.63, 3.8) is 0 Å². The van der Waals surface area contributed by atoms with Gasteiger partial charge in [-0.3, -0.25) is 14.8 Å². The van der Waals surface area contributed by atoms with Gasteiger partial charge in [0.25, 0.3) is 0 Å². The summed E-state index contributed by atoms with van der Waals surface area (Å²) in [4.78, 5) is 26.6. The molecule has 0 aliphatic heterocycles. The van der Waals surface area contributed by atoms with Crippen LogP contribution in [0.2, 0.25) is 0 Å². The standard InChI is InChI=1S/C26H28N4OS/c1-5-18(3)9-11-28-24(6-2)21-7-8-25(29-16-21)30-26(31)15-23-14-22(17-32-23)20-10-12-27-19(4)13-20/h6-14,16-17H,5,15H2,1-4H3,(H,29,30,31)/b18-9+,24-6-,28-11+. The minimum Gasteiger partial charge on any atom is -0.310 e. The number of thiophene rings is 1. The first-order valence-electron chi connectivity index (χ1n) is 10.6. The maximum absolute atomic E-state index is 12.5. The number of aromatic nitrogens is 2. The van der Waals surface area contributed by atoms with E-state index in [0.29, 0.717) is 12.2 Å². The highest BCUT2D eigenvalue weighted by Crippen LogP contribution is 2.26. The van der Waals surface area contributed by atoms with Crippen LogP contribution in [0.25, 0.3) is 16.8 Å². The molecule has 3 aromatic heterocycles. The van der Waals surface area contributed by atoms with Crippen LogP contribution >= 0.6 is 11.3 Å². The molecule has 0 aliphatic carbocycles. The van der Waals surface area contributed by atoms with Gasteiger partial charge in [0.1, 0.15) is 5.82 Å². The smallest absolute Gasteiger partial charge is 0.230 e. The molecule has 0 unspecified atom stereocenters. The van der Waals surface area contributed by atoms with E-state index in [0.717, 1.165) is 39.4 Å². The van der Waals surface area contributed by atoms with Crippen molar-refractivity contribution >= 4 is 35.0 Å². The number of hydrogen-bond donors (Lipinski definition) is 1. The fourth-order valence-corrected chi connectivity index (χ4v) is 3.88. The second kappa shape index (κ2) is 11.3. The molecule has 6 heteroatoms. The molecule has 0 bridgehead atoms. The maximum atomic E-state index is 12.5. The summed E-state index contributed by atoms with van der Waals surface area (Å²) in [6.07, 6.45) is 10.6. The van der Waals surface area contributed by atoms with Gasteiger partial charge in [-0.2, -0.15) is 0 Å². The van der Waals surface area contributed by atoms with Gasteiger partial charge < -0.3 is 5.32 Å². The number of nitrogens with one attached hydrogen (secondary N) is 1. The summed E-state index contributed by atoms with van der Waals surface area (Å²) < 4.78 is 0. The Balaban J connectivity index is 1.60. The average Bonchev–Trinajstić information content (AvgIpc) is 3.25. The number of nitrogens with zero attached hydrogens (tertiary/aromatic N) is 3. The molecule has 0 spiro atoms.